The van der Waals surface area contributed by atoms with Crippen LogP contribution in [0, 0.1) is 23.3 Å². The maximum Gasteiger partial charge on any atom is 0.420 e. The lowest BCUT2D eigenvalue weighted by Crippen LogP contribution is -2.52. The third-order valence-corrected chi connectivity index (χ3v) is 7.05. The van der Waals surface area contributed by atoms with E-state index in [-0.39, 0.29) is 19.1 Å². The van der Waals surface area contributed by atoms with Crippen molar-refractivity contribution in [1.29, 1.82) is 0 Å². The number of halogens is 5. The Balaban J connectivity index is 1.53. The van der Waals surface area contributed by atoms with Crippen molar-refractivity contribution in [2.24, 2.45) is 0 Å². The first-order valence-electron chi connectivity index (χ1n) is 13.4. The molecule has 1 aliphatic rings. The number of nitrogens with one attached hydrogen (secondary N) is 1. The molecular formula is C31H26ClF4N2O6+. The Kier molecular flexibility index (Phi) is 10.5. The van der Waals surface area contributed by atoms with Crippen LogP contribution in [0.25, 0.3) is 0 Å². The molecule has 3 aromatic carbocycles. The molecule has 44 heavy (non-hydrogen) atoms. The Morgan fingerprint density at radius 2 is 1.68 bits per heavy atom. The van der Waals surface area contributed by atoms with Gasteiger partial charge in [0.15, 0.2) is 29.4 Å². The minimum atomic E-state index is -1.87. The second kappa shape index (κ2) is 14.3. The number of hydrogen-bond acceptors (Lipinski definition) is 6. The van der Waals surface area contributed by atoms with Gasteiger partial charge in [-0.1, -0.05) is 54.9 Å². The van der Waals surface area contributed by atoms with Gasteiger partial charge in [0.2, 0.25) is 17.7 Å². The quantitative estimate of drug-likeness (QED) is 0.134. The van der Waals surface area contributed by atoms with Gasteiger partial charge in [0, 0.05) is 17.5 Å². The number of benzene rings is 3. The van der Waals surface area contributed by atoms with E-state index in [9.17, 15) is 36.7 Å². The number of rotatable bonds is 12. The van der Waals surface area contributed by atoms with Gasteiger partial charge < -0.3 is 14.8 Å². The van der Waals surface area contributed by atoms with Gasteiger partial charge in [-0.15, -0.1) is 0 Å². The van der Waals surface area contributed by atoms with Crippen molar-refractivity contribution >= 4 is 41.4 Å². The molecule has 0 radical (unpaired) electrons. The molecule has 0 saturated carbocycles. The first kappa shape index (κ1) is 32.3. The second-order valence-electron chi connectivity index (χ2n) is 9.79. The smallest absolute Gasteiger partial charge is 0.420 e. The average molecular weight is 634 g/mol. The molecule has 0 spiro atoms. The molecule has 8 nitrogen and oxygen atoms in total. The summed E-state index contributed by atoms with van der Waals surface area (Å²) in [6.45, 7) is 0.295. The second-order valence-corrected chi connectivity index (χ2v) is 10.2. The van der Waals surface area contributed by atoms with Crippen molar-refractivity contribution in [3.05, 3.63) is 99.6 Å². The maximum absolute atomic E-state index is 14.1. The number of hydrogen-bond donors (Lipinski definition) is 1. The average Bonchev–Trinajstić information content (AvgIpc) is 3.00. The third kappa shape index (κ3) is 7.49. The van der Waals surface area contributed by atoms with Crippen LogP contribution in [0.2, 0.25) is 5.02 Å². The Bertz CT molecular complexity index is 1610. The molecule has 230 valence electrons. The summed E-state index contributed by atoms with van der Waals surface area (Å²) >= 11 is 6.05. The van der Waals surface area contributed by atoms with E-state index in [0.29, 0.717) is 28.1 Å². The van der Waals surface area contributed by atoms with Crippen molar-refractivity contribution in [1.82, 2.24) is 5.32 Å². The lowest BCUT2D eigenvalue weighted by Gasteiger charge is -2.21. The van der Waals surface area contributed by atoms with E-state index in [0.717, 1.165) is 0 Å². The number of carbonyl (C=O) groups is 4. The van der Waals surface area contributed by atoms with Gasteiger partial charge in [0.1, 0.15) is 19.3 Å². The van der Waals surface area contributed by atoms with Crippen LogP contribution >= 0.6 is 11.6 Å². The zero-order chi connectivity index (χ0) is 32.0. The van der Waals surface area contributed by atoms with Crippen molar-refractivity contribution in [2.75, 3.05) is 6.61 Å². The summed E-state index contributed by atoms with van der Waals surface area (Å²) in [5.41, 5.74) is 1.63. The topological polar surface area (TPSA) is 102 Å². The number of Topliss-reactive ketones (excluding diaryl/α,β-unsaturated/α-hetero) is 1. The Morgan fingerprint density at radius 3 is 2.34 bits per heavy atom. The van der Waals surface area contributed by atoms with E-state index in [4.69, 9.17) is 21.1 Å². The molecule has 0 aromatic heterocycles. The molecule has 13 heteroatoms. The minimum absolute atomic E-state index is 0.0265. The summed E-state index contributed by atoms with van der Waals surface area (Å²) < 4.78 is 66.6. The van der Waals surface area contributed by atoms with Crippen LogP contribution in [0.15, 0.2) is 54.6 Å². The first-order valence-corrected chi connectivity index (χ1v) is 13.8. The van der Waals surface area contributed by atoms with Crippen LogP contribution in [0.4, 0.5) is 17.6 Å². The predicted octanol–water partition coefficient (Wildman–Crippen LogP) is 4.72. The highest BCUT2D eigenvalue weighted by Gasteiger charge is 2.39. The summed E-state index contributed by atoms with van der Waals surface area (Å²) in [6, 6.07) is 10.6. The molecule has 1 heterocycles. The highest BCUT2D eigenvalue weighted by atomic mass is 35.5. The van der Waals surface area contributed by atoms with E-state index in [1.807, 2.05) is 0 Å². The fourth-order valence-electron chi connectivity index (χ4n) is 4.52. The molecule has 2 atom stereocenters. The lowest BCUT2D eigenvalue weighted by atomic mass is 9.99. The van der Waals surface area contributed by atoms with Crippen molar-refractivity contribution in [2.45, 2.75) is 44.9 Å². The van der Waals surface area contributed by atoms with Gasteiger partial charge in [-0.3, -0.25) is 14.4 Å². The minimum Gasteiger partial charge on any atom is -0.479 e. The standard InChI is InChI=1S/C31H25ClF4N2O6/c1-2-24(38-11-10-18-8-9-19(32)12-20(18)31(38)42)30(41)37-23(14-26(40)43-15-17-6-4-3-5-7-17)25(39)16-44-29-27(35)21(33)13-22(34)28(29)36/h3-9,11-13,23-24H,2,10,14-16H2,1H3/p+1/t23?,24-/m0/s1. The highest BCUT2D eigenvalue weighted by molar-refractivity contribution is 6.31. The molecule has 0 saturated heterocycles. The highest BCUT2D eigenvalue weighted by Crippen LogP contribution is 2.26. The molecule has 0 fully saturated rings. The molecule has 1 aliphatic heterocycles. The number of ketones is 1. The molecular weight excluding hydrogens is 608 g/mol. The summed E-state index contributed by atoms with van der Waals surface area (Å²) in [7, 11) is 0. The van der Waals surface area contributed by atoms with E-state index in [1.165, 1.54) is 16.9 Å². The molecule has 2 amide bonds. The number of nitrogens with zero attached hydrogens (tertiary/aromatic N) is 1. The number of amides is 2. The lowest BCUT2D eigenvalue weighted by molar-refractivity contribution is -0.456. The molecule has 0 bridgehead atoms. The van der Waals surface area contributed by atoms with Gasteiger partial charge in [-0.25, -0.2) is 13.6 Å². The number of esters is 1. The predicted molar refractivity (Wildman–Crippen MR) is 149 cm³/mol. The normalized spacial score (nSPS) is 13.8. The molecule has 1 unspecified atom stereocenters. The fraction of sp³-hybridized carbons (Fsp3) is 0.258. The maximum atomic E-state index is 14.1. The van der Waals surface area contributed by atoms with Crippen molar-refractivity contribution in [3.63, 3.8) is 0 Å². The summed E-state index contributed by atoms with van der Waals surface area (Å²) in [4.78, 5) is 52.5. The van der Waals surface area contributed by atoms with Crippen LogP contribution in [0.3, 0.4) is 0 Å². The summed E-state index contributed by atoms with van der Waals surface area (Å²) in [6.07, 6.45) is 1.20. The van der Waals surface area contributed by atoms with E-state index < -0.39 is 77.7 Å². The van der Waals surface area contributed by atoms with Gasteiger partial charge >= 0.3 is 11.9 Å². The monoisotopic (exact) mass is 633 g/mol. The molecule has 3 aromatic rings. The van der Waals surface area contributed by atoms with Crippen LogP contribution in [0.5, 0.6) is 5.75 Å². The van der Waals surface area contributed by atoms with Crippen LogP contribution < -0.4 is 10.1 Å². The van der Waals surface area contributed by atoms with Gasteiger partial charge in [0.05, 0.1) is 18.4 Å². The Morgan fingerprint density at radius 1 is 1.00 bits per heavy atom. The van der Waals surface area contributed by atoms with Crippen LogP contribution in [0.1, 0.15) is 41.3 Å². The largest absolute Gasteiger partial charge is 0.479 e. The van der Waals surface area contributed by atoms with Gasteiger partial charge in [-0.2, -0.15) is 13.4 Å². The van der Waals surface area contributed by atoms with E-state index in [1.54, 1.807) is 49.4 Å². The van der Waals surface area contributed by atoms with E-state index >= 15 is 0 Å². The number of ether oxygens (including phenoxy) is 2. The number of fused-ring (bicyclic) bond motifs is 1. The van der Waals surface area contributed by atoms with Crippen LogP contribution in [-0.4, -0.2) is 53.0 Å². The zero-order valence-electron chi connectivity index (χ0n) is 23.3. The fourth-order valence-corrected chi connectivity index (χ4v) is 4.69. The molecule has 1 N–H and O–H groups in total. The van der Waals surface area contributed by atoms with Crippen molar-refractivity contribution < 1.29 is 50.8 Å². The van der Waals surface area contributed by atoms with Gasteiger partial charge in [0.25, 0.3) is 5.91 Å². The molecule has 0 aliphatic carbocycles. The third-order valence-electron chi connectivity index (χ3n) is 6.82. The van der Waals surface area contributed by atoms with Gasteiger partial charge in [-0.05, 0) is 23.3 Å². The summed E-state index contributed by atoms with van der Waals surface area (Å²) in [5, 5.41) is 2.71. The Hall–Kier alpha value is -4.58. The zero-order valence-corrected chi connectivity index (χ0v) is 24.0. The molecule has 4 rings (SSSR count). The first-order chi connectivity index (χ1) is 21.0. The Labute approximate surface area is 254 Å². The SMILES string of the molecule is CC[C@@H](C(=O)NC(CC(=O)OCc1ccccc1)C(=O)COc1c(F)c(F)cc(F)c1F)[N+]1=CCc2ccc(Cl)cc2C1=O. The number of carbonyl (C=O) groups excluding carboxylic acids is 4. The van der Waals surface area contributed by atoms with Crippen molar-refractivity contribution in [3.8, 4) is 5.75 Å². The van der Waals surface area contributed by atoms with Crippen LogP contribution in [-0.2, 0) is 32.1 Å². The van der Waals surface area contributed by atoms with E-state index in [2.05, 4.69) is 5.32 Å². The summed E-state index contributed by atoms with van der Waals surface area (Å²) in [5.74, 6) is -12.1.